The predicted octanol–water partition coefficient (Wildman–Crippen LogP) is 13.7. The molecule has 0 saturated heterocycles. The Balaban J connectivity index is 5.00. The van der Waals surface area contributed by atoms with E-state index in [0.717, 1.165) is 0 Å². The van der Waals surface area contributed by atoms with Gasteiger partial charge in [-0.05, 0) is 0 Å². The molecule has 0 atom stereocenters. The van der Waals surface area contributed by atoms with Crippen molar-refractivity contribution in [3.05, 3.63) is 0 Å². The number of hydrogen-bond acceptors (Lipinski definition) is 0. The van der Waals surface area contributed by atoms with Crippen LogP contribution < -0.4 is 0 Å². The average Bonchev–Trinajstić information content (AvgIpc) is 2.85. The van der Waals surface area contributed by atoms with Gasteiger partial charge < -0.3 is 0 Å². The summed E-state index contributed by atoms with van der Waals surface area (Å²) in [5.41, 5.74) is 0. The molecule has 0 aromatic heterocycles. The molecule has 0 fully saturated rings. The normalized spacial score (nSPS) is 13.2. The van der Waals surface area contributed by atoms with E-state index < -0.39 is 4.25 Å². The van der Waals surface area contributed by atoms with Crippen LogP contribution in [0.2, 0.25) is 0 Å². The van der Waals surface area contributed by atoms with Gasteiger partial charge in [-0.1, -0.05) is 0 Å². The third-order valence-electron chi connectivity index (χ3n) is 8.53. The summed E-state index contributed by atoms with van der Waals surface area (Å²) in [5, 5.41) is 0. The molecule has 0 aliphatic rings. The van der Waals surface area contributed by atoms with Crippen LogP contribution in [0.25, 0.3) is 0 Å². The topological polar surface area (TPSA) is 0 Å². The van der Waals surface area contributed by atoms with Crippen LogP contribution in [0, 0.1) is 0 Å². The van der Waals surface area contributed by atoms with E-state index in [1.54, 1.807) is 24.6 Å². The van der Waals surface area contributed by atoms with Gasteiger partial charge in [-0.25, -0.2) is 0 Å². The van der Waals surface area contributed by atoms with Gasteiger partial charge in [-0.3, -0.25) is 0 Å². The van der Waals surface area contributed by atoms with Crippen LogP contribution in [0.5, 0.6) is 0 Å². The summed E-state index contributed by atoms with van der Waals surface area (Å²) < 4.78 is -1.60. The van der Waals surface area contributed by atoms with Crippen LogP contribution in [0.15, 0.2) is 0 Å². The van der Waals surface area contributed by atoms with Gasteiger partial charge >= 0.3 is 239 Å². The first-order valence-electron chi connectivity index (χ1n) is 16.8. The van der Waals surface area contributed by atoms with Crippen molar-refractivity contribution in [1.82, 2.24) is 0 Å². The monoisotopic (exact) mass is 624 g/mol. The first kappa shape index (κ1) is 36.2. The van der Waals surface area contributed by atoms with Crippen molar-refractivity contribution < 1.29 is 0 Å². The zero-order valence-corrected chi connectivity index (χ0v) is 28.4. The van der Waals surface area contributed by atoms with E-state index in [0.29, 0.717) is 0 Å². The van der Waals surface area contributed by atoms with Crippen molar-refractivity contribution in [2.45, 2.75) is 188 Å². The Morgan fingerprint density at radius 3 is 0.657 bits per heavy atom. The molecule has 0 rings (SSSR count). The van der Waals surface area contributed by atoms with Crippen molar-refractivity contribution in [2.24, 2.45) is 0 Å². The Morgan fingerprint density at radius 2 is 0.457 bits per heavy atom. The zero-order valence-electron chi connectivity index (χ0n) is 25.3. The van der Waals surface area contributed by atoms with Crippen LogP contribution in [0.4, 0.5) is 0 Å². The summed E-state index contributed by atoms with van der Waals surface area (Å²) in [4.78, 5) is 0. The Labute approximate surface area is 238 Å². The fourth-order valence-corrected chi connectivity index (χ4v) is 15.5. The standard InChI is InChI=1S/C33H70IP/c1-5-9-13-17-21-25-29-33-35(34,30-26-22-18-14-10-6-2,31-27-23-19-15-11-7-3)32-28-24-20-16-12-8-4/h5-33H2,1-4H3. The first-order valence-corrected chi connectivity index (χ1v) is 22.5. The molecule has 0 amide bonds. The summed E-state index contributed by atoms with van der Waals surface area (Å²) in [5.74, 6) is 0. The van der Waals surface area contributed by atoms with Crippen LogP contribution in [0.1, 0.15) is 188 Å². The summed E-state index contributed by atoms with van der Waals surface area (Å²) in [6.45, 7) is 9.38. The van der Waals surface area contributed by atoms with Gasteiger partial charge in [-0.15, -0.1) is 0 Å². The third kappa shape index (κ3) is 21.8. The van der Waals surface area contributed by atoms with Crippen LogP contribution in [-0.4, -0.2) is 24.6 Å². The first-order chi connectivity index (χ1) is 17.0. The Hall–Kier alpha value is 1.16. The molecule has 0 unspecified atom stereocenters. The fourth-order valence-electron chi connectivity index (χ4n) is 6.00. The maximum absolute atomic E-state index is 3.22. The van der Waals surface area contributed by atoms with E-state index in [1.165, 1.54) is 161 Å². The summed E-state index contributed by atoms with van der Waals surface area (Å²) in [6.07, 6.45) is 43.3. The van der Waals surface area contributed by atoms with Crippen LogP contribution in [0.3, 0.4) is 0 Å². The van der Waals surface area contributed by atoms with Gasteiger partial charge in [0.25, 0.3) is 0 Å². The molecule has 0 saturated carbocycles. The SMILES string of the molecule is CCCCCCCCCP(I)(CCCCCCCC)(CCCCCCCC)CCCCCCCC. The minimum absolute atomic E-state index is 1.37. The van der Waals surface area contributed by atoms with Gasteiger partial charge in [0.1, 0.15) is 0 Å². The van der Waals surface area contributed by atoms with E-state index in [-0.39, 0.29) is 0 Å². The van der Waals surface area contributed by atoms with Crippen molar-refractivity contribution in [2.75, 3.05) is 24.6 Å². The van der Waals surface area contributed by atoms with Gasteiger partial charge in [-0.2, -0.15) is 0 Å². The molecule has 0 aliphatic carbocycles. The molecule has 0 bridgehead atoms. The van der Waals surface area contributed by atoms with Crippen LogP contribution in [-0.2, 0) is 0 Å². The molecule has 0 nitrogen and oxygen atoms in total. The van der Waals surface area contributed by atoms with Gasteiger partial charge in [0, 0.05) is 0 Å². The van der Waals surface area contributed by atoms with Gasteiger partial charge in [0.2, 0.25) is 0 Å². The quantitative estimate of drug-likeness (QED) is 0.0441. The van der Waals surface area contributed by atoms with Crippen LogP contribution >= 0.6 is 26.3 Å². The van der Waals surface area contributed by atoms with E-state index in [2.05, 4.69) is 49.7 Å². The minimum atomic E-state index is -1.60. The average molecular weight is 625 g/mol. The van der Waals surface area contributed by atoms with Crippen molar-refractivity contribution in [3.8, 4) is 0 Å². The molecule has 0 aromatic rings. The predicted molar refractivity (Wildman–Crippen MR) is 179 cm³/mol. The molecule has 214 valence electrons. The molecule has 0 radical (unpaired) electrons. The molecule has 0 spiro atoms. The maximum atomic E-state index is 3.22. The second kappa shape index (κ2) is 25.4. The van der Waals surface area contributed by atoms with Gasteiger partial charge in [0.05, 0.1) is 0 Å². The fraction of sp³-hybridized carbons (Fsp3) is 1.00. The van der Waals surface area contributed by atoms with E-state index in [9.17, 15) is 0 Å². The number of unbranched alkanes of at least 4 members (excludes halogenated alkanes) is 21. The van der Waals surface area contributed by atoms with E-state index >= 15 is 0 Å². The molecule has 0 heterocycles. The number of hydrogen-bond donors (Lipinski definition) is 0. The Morgan fingerprint density at radius 1 is 0.286 bits per heavy atom. The van der Waals surface area contributed by atoms with Crippen molar-refractivity contribution >= 4 is 26.3 Å². The third-order valence-corrected chi connectivity index (χ3v) is 20.1. The second-order valence-electron chi connectivity index (χ2n) is 12.1. The zero-order chi connectivity index (χ0) is 26.0. The number of rotatable bonds is 29. The second-order valence-corrected chi connectivity index (χ2v) is 25.8. The number of halogens is 1. The molecular weight excluding hydrogens is 554 g/mol. The van der Waals surface area contributed by atoms with Crippen molar-refractivity contribution in [3.63, 3.8) is 0 Å². The molecule has 0 aromatic carbocycles. The van der Waals surface area contributed by atoms with E-state index in [4.69, 9.17) is 0 Å². The molecule has 0 N–H and O–H groups in total. The summed E-state index contributed by atoms with van der Waals surface area (Å²) in [6, 6.07) is 0. The summed E-state index contributed by atoms with van der Waals surface area (Å²) in [7, 11) is 0. The molecule has 35 heavy (non-hydrogen) atoms. The Bertz CT molecular complexity index is 378. The molecule has 0 aliphatic heterocycles. The Kier molecular flexibility index (Phi) is 26.3. The van der Waals surface area contributed by atoms with Crippen molar-refractivity contribution in [1.29, 1.82) is 0 Å². The van der Waals surface area contributed by atoms with Gasteiger partial charge in [0.15, 0.2) is 0 Å². The van der Waals surface area contributed by atoms with E-state index in [1.807, 2.05) is 0 Å². The molecule has 2 heteroatoms. The summed E-state index contributed by atoms with van der Waals surface area (Å²) >= 11 is 3.22. The molecular formula is C33H70IP.